The van der Waals surface area contributed by atoms with Gasteiger partial charge in [-0.3, -0.25) is 9.59 Å². The van der Waals surface area contributed by atoms with Gasteiger partial charge in [0.1, 0.15) is 5.76 Å². The summed E-state index contributed by atoms with van der Waals surface area (Å²) in [6, 6.07) is 3.47. The number of likely N-dealkylation sites (tertiary alicyclic amines) is 1. The molecule has 0 bridgehead atoms. The predicted molar refractivity (Wildman–Crippen MR) is 59.7 cm³/mol. The fourth-order valence-corrected chi connectivity index (χ4v) is 1.95. The number of carbonyl (C=O) groups is 2. The van der Waals surface area contributed by atoms with Crippen molar-refractivity contribution in [3.05, 3.63) is 23.7 Å². The first kappa shape index (κ1) is 11.7. The van der Waals surface area contributed by atoms with Crippen molar-refractivity contribution in [2.75, 3.05) is 13.1 Å². The number of aliphatic carboxylic acids is 1. The highest BCUT2D eigenvalue weighted by molar-refractivity contribution is 5.92. The Balaban J connectivity index is 1.88. The topological polar surface area (TPSA) is 70.8 Å². The maximum Gasteiger partial charge on any atom is 0.303 e. The summed E-state index contributed by atoms with van der Waals surface area (Å²) in [5.41, 5.74) is 0. The van der Waals surface area contributed by atoms with Crippen LogP contribution < -0.4 is 0 Å². The quantitative estimate of drug-likeness (QED) is 0.859. The first-order valence-electron chi connectivity index (χ1n) is 5.70. The number of carboxylic acids is 1. The maximum atomic E-state index is 11.9. The van der Waals surface area contributed by atoms with Gasteiger partial charge in [0.15, 0.2) is 5.76 Å². The van der Waals surface area contributed by atoms with Crippen molar-refractivity contribution in [3.63, 3.8) is 0 Å². The third-order valence-electron chi connectivity index (χ3n) is 2.93. The van der Waals surface area contributed by atoms with E-state index in [1.165, 1.54) is 0 Å². The number of carboxylic acid groups (broad SMARTS) is 1. The summed E-state index contributed by atoms with van der Waals surface area (Å²) in [6.45, 7) is 2.97. The molecule has 0 atom stereocenters. The minimum Gasteiger partial charge on any atom is -0.481 e. The van der Waals surface area contributed by atoms with E-state index < -0.39 is 5.97 Å². The third-order valence-corrected chi connectivity index (χ3v) is 2.93. The van der Waals surface area contributed by atoms with E-state index in [1.54, 1.807) is 17.0 Å². The lowest BCUT2D eigenvalue weighted by Crippen LogP contribution is -2.50. The number of amides is 1. The van der Waals surface area contributed by atoms with Crippen molar-refractivity contribution in [2.45, 2.75) is 19.8 Å². The van der Waals surface area contributed by atoms with Gasteiger partial charge in [0.2, 0.25) is 0 Å². The van der Waals surface area contributed by atoms with Crippen LogP contribution in [0.2, 0.25) is 0 Å². The lowest BCUT2D eigenvalue weighted by Gasteiger charge is -2.37. The van der Waals surface area contributed by atoms with Crippen molar-refractivity contribution >= 4 is 11.9 Å². The summed E-state index contributed by atoms with van der Waals surface area (Å²) in [6.07, 6.45) is 0.886. The Morgan fingerprint density at radius 1 is 1.47 bits per heavy atom. The van der Waals surface area contributed by atoms with Crippen molar-refractivity contribution in [1.29, 1.82) is 0 Å². The van der Waals surface area contributed by atoms with Crippen LogP contribution in [0.1, 0.15) is 29.7 Å². The van der Waals surface area contributed by atoms with Crippen molar-refractivity contribution in [1.82, 2.24) is 4.90 Å². The summed E-state index contributed by atoms with van der Waals surface area (Å²) < 4.78 is 5.36. The first-order chi connectivity index (χ1) is 8.10. The highest BCUT2D eigenvalue weighted by Gasteiger charge is 2.33. The highest BCUT2D eigenvalue weighted by Crippen LogP contribution is 2.22. The van der Waals surface area contributed by atoms with E-state index in [2.05, 4.69) is 0 Å². The molecule has 1 aliphatic rings. The molecule has 1 aliphatic heterocycles. The van der Waals surface area contributed by atoms with E-state index in [0.29, 0.717) is 18.8 Å². The number of hydrogen-bond donors (Lipinski definition) is 1. The van der Waals surface area contributed by atoms with Crippen LogP contribution in [0.3, 0.4) is 0 Å². The third kappa shape index (κ3) is 2.49. The number of carbonyl (C=O) groups excluding carboxylic acids is 1. The molecule has 17 heavy (non-hydrogen) atoms. The van der Waals surface area contributed by atoms with Crippen LogP contribution in [0, 0.1) is 5.92 Å². The molecule has 2 rings (SSSR count). The van der Waals surface area contributed by atoms with Crippen LogP contribution in [0.5, 0.6) is 0 Å². The van der Waals surface area contributed by atoms with Gasteiger partial charge in [-0.05, 0) is 12.1 Å². The molecule has 0 radical (unpaired) electrons. The van der Waals surface area contributed by atoms with E-state index in [4.69, 9.17) is 9.52 Å². The molecule has 0 spiro atoms. The molecule has 1 fully saturated rings. The van der Waals surface area contributed by atoms with Crippen LogP contribution in [-0.4, -0.2) is 35.0 Å². The van der Waals surface area contributed by atoms with Gasteiger partial charge in [-0.25, -0.2) is 0 Å². The second kappa shape index (κ2) is 4.61. The molecular formula is C12H15NO4. The average molecular weight is 237 g/mol. The number of hydrogen-bond acceptors (Lipinski definition) is 3. The van der Waals surface area contributed by atoms with Gasteiger partial charge in [0.05, 0.1) is 6.42 Å². The van der Waals surface area contributed by atoms with Gasteiger partial charge < -0.3 is 14.4 Å². The summed E-state index contributed by atoms with van der Waals surface area (Å²) in [4.78, 5) is 24.0. The molecule has 0 aliphatic carbocycles. The lowest BCUT2D eigenvalue weighted by molar-refractivity contribution is -0.139. The van der Waals surface area contributed by atoms with E-state index in [-0.39, 0.29) is 18.2 Å². The molecule has 2 heterocycles. The van der Waals surface area contributed by atoms with Gasteiger partial charge in [-0.2, -0.15) is 0 Å². The molecule has 1 aromatic rings. The van der Waals surface area contributed by atoms with E-state index in [1.807, 2.05) is 6.92 Å². The minimum absolute atomic E-state index is 0.0806. The Labute approximate surface area is 99.0 Å². The summed E-state index contributed by atoms with van der Waals surface area (Å²) in [7, 11) is 0. The van der Waals surface area contributed by atoms with Gasteiger partial charge >= 0.3 is 5.97 Å². The molecule has 0 saturated carbocycles. The molecule has 0 unspecified atom stereocenters. The van der Waals surface area contributed by atoms with E-state index in [0.717, 1.165) is 12.2 Å². The zero-order chi connectivity index (χ0) is 12.4. The Hall–Kier alpha value is -1.78. The molecular weight excluding hydrogens is 222 g/mol. The molecule has 1 amide bonds. The Morgan fingerprint density at radius 3 is 2.71 bits per heavy atom. The van der Waals surface area contributed by atoms with Crippen LogP contribution in [-0.2, 0) is 11.2 Å². The Bertz CT molecular complexity index is 431. The van der Waals surface area contributed by atoms with Crippen LogP contribution in [0.25, 0.3) is 0 Å². The van der Waals surface area contributed by atoms with Gasteiger partial charge in [0, 0.05) is 25.4 Å². The van der Waals surface area contributed by atoms with E-state index >= 15 is 0 Å². The molecule has 1 aromatic heterocycles. The highest BCUT2D eigenvalue weighted by atomic mass is 16.4. The first-order valence-corrected chi connectivity index (χ1v) is 5.70. The molecule has 92 valence electrons. The number of nitrogens with zero attached hydrogens (tertiary/aromatic N) is 1. The second-order valence-corrected chi connectivity index (χ2v) is 4.29. The SMILES string of the molecule is CCc1ccc(C(=O)N2CC(CC(=O)O)C2)o1. The smallest absolute Gasteiger partial charge is 0.303 e. The monoisotopic (exact) mass is 237 g/mol. The van der Waals surface area contributed by atoms with Crippen LogP contribution >= 0.6 is 0 Å². The zero-order valence-corrected chi connectivity index (χ0v) is 9.68. The van der Waals surface area contributed by atoms with Crippen molar-refractivity contribution in [2.24, 2.45) is 5.92 Å². The summed E-state index contributed by atoms with van der Waals surface area (Å²) in [5.74, 6) is 0.253. The van der Waals surface area contributed by atoms with Crippen LogP contribution in [0.4, 0.5) is 0 Å². The fourth-order valence-electron chi connectivity index (χ4n) is 1.95. The molecule has 0 aromatic carbocycles. The van der Waals surface area contributed by atoms with Crippen molar-refractivity contribution < 1.29 is 19.1 Å². The number of aryl methyl sites for hydroxylation is 1. The second-order valence-electron chi connectivity index (χ2n) is 4.29. The Morgan fingerprint density at radius 2 is 2.18 bits per heavy atom. The molecule has 5 heteroatoms. The normalized spacial score (nSPS) is 15.7. The van der Waals surface area contributed by atoms with Gasteiger partial charge in [-0.15, -0.1) is 0 Å². The Kier molecular flexibility index (Phi) is 3.17. The number of rotatable bonds is 4. The predicted octanol–water partition coefficient (Wildman–Crippen LogP) is 1.39. The molecule has 5 nitrogen and oxygen atoms in total. The maximum absolute atomic E-state index is 11.9. The minimum atomic E-state index is -0.812. The average Bonchev–Trinajstić information content (AvgIpc) is 2.70. The van der Waals surface area contributed by atoms with Gasteiger partial charge in [-0.1, -0.05) is 6.92 Å². The molecule has 1 N–H and O–H groups in total. The fraction of sp³-hybridized carbons (Fsp3) is 0.500. The van der Waals surface area contributed by atoms with Crippen molar-refractivity contribution in [3.8, 4) is 0 Å². The zero-order valence-electron chi connectivity index (χ0n) is 9.68. The van der Waals surface area contributed by atoms with E-state index in [9.17, 15) is 9.59 Å². The van der Waals surface area contributed by atoms with Crippen LogP contribution in [0.15, 0.2) is 16.5 Å². The lowest BCUT2D eigenvalue weighted by atomic mass is 9.96. The largest absolute Gasteiger partial charge is 0.481 e. The van der Waals surface area contributed by atoms with Gasteiger partial charge in [0.25, 0.3) is 5.91 Å². The number of furan rings is 1. The molecule has 1 saturated heterocycles. The standard InChI is InChI=1S/C12H15NO4/c1-2-9-3-4-10(17-9)12(16)13-6-8(7-13)5-11(14)15/h3-4,8H,2,5-7H2,1H3,(H,14,15). The summed E-state index contributed by atoms with van der Waals surface area (Å²) >= 11 is 0. The summed E-state index contributed by atoms with van der Waals surface area (Å²) in [5, 5.41) is 8.60.